The van der Waals surface area contributed by atoms with E-state index in [1.54, 1.807) is 6.20 Å². The molecule has 0 aromatic carbocycles. The zero-order valence-corrected chi connectivity index (χ0v) is 12.6. The predicted molar refractivity (Wildman–Crippen MR) is 76.6 cm³/mol. The molecule has 0 bridgehead atoms. The van der Waals surface area contributed by atoms with Gasteiger partial charge in [-0.1, -0.05) is 13.8 Å². The number of nitrogens with one attached hydrogen (secondary N) is 1. The van der Waals surface area contributed by atoms with E-state index < -0.39 is 0 Å². The lowest BCUT2D eigenvalue weighted by molar-refractivity contribution is 0.583. The highest BCUT2D eigenvalue weighted by atomic mass is 79.9. The summed E-state index contributed by atoms with van der Waals surface area (Å²) in [5, 5.41) is 3.13. The fraction of sp³-hybridized carbons (Fsp3) is 0.667. The van der Waals surface area contributed by atoms with Gasteiger partial charge in [0.05, 0.1) is 4.47 Å². The average Bonchev–Trinajstić information content (AvgIpc) is 2.29. The molecule has 17 heavy (non-hydrogen) atoms. The van der Waals surface area contributed by atoms with Crippen LogP contribution in [0, 0.1) is 5.92 Å². The van der Waals surface area contributed by atoms with Crippen LogP contribution in [-0.2, 0) is 0 Å². The molecular weight excluding hydrogens is 280 g/mol. The average molecular weight is 301 g/mol. The van der Waals surface area contributed by atoms with Crippen LogP contribution in [0.5, 0.6) is 0 Å². The van der Waals surface area contributed by atoms with Crippen molar-refractivity contribution in [3.8, 4) is 0 Å². The van der Waals surface area contributed by atoms with Crippen LogP contribution < -0.4 is 10.2 Å². The van der Waals surface area contributed by atoms with Gasteiger partial charge in [0.2, 0.25) is 5.95 Å². The Kier molecular flexibility index (Phi) is 5.68. The number of nitrogens with zero attached hydrogens (tertiary/aromatic N) is 3. The number of hydrogen-bond acceptors (Lipinski definition) is 4. The summed E-state index contributed by atoms with van der Waals surface area (Å²) in [5.41, 5.74) is 0. The van der Waals surface area contributed by atoms with Gasteiger partial charge in [-0.05, 0) is 35.2 Å². The topological polar surface area (TPSA) is 41.1 Å². The highest BCUT2D eigenvalue weighted by molar-refractivity contribution is 9.10. The van der Waals surface area contributed by atoms with Crippen molar-refractivity contribution in [2.45, 2.75) is 27.2 Å². The summed E-state index contributed by atoms with van der Waals surface area (Å²) in [6.07, 6.45) is 2.95. The second kappa shape index (κ2) is 6.79. The molecular formula is C12H21BrN4. The number of aromatic nitrogens is 2. The Bertz CT molecular complexity index is 354. The Morgan fingerprint density at radius 2 is 2.18 bits per heavy atom. The summed E-state index contributed by atoms with van der Waals surface area (Å²) in [5.74, 6) is 2.32. The van der Waals surface area contributed by atoms with Gasteiger partial charge in [-0.3, -0.25) is 0 Å². The number of rotatable bonds is 6. The van der Waals surface area contributed by atoms with Crippen molar-refractivity contribution in [1.82, 2.24) is 9.97 Å². The third kappa shape index (κ3) is 4.50. The molecule has 1 rings (SSSR count). The third-order valence-electron chi connectivity index (χ3n) is 2.46. The van der Waals surface area contributed by atoms with Gasteiger partial charge in [-0.2, -0.15) is 4.98 Å². The third-order valence-corrected chi connectivity index (χ3v) is 3.02. The molecule has 1 heterocycles. The van der Waals surface area contributed by atoms with Crippen molar-refractivity contribution in [2.24, 2.45) is 5.92 Å². The summed E-state index contributed by atoms with van der Waals surface area (Å²) in [6, 6.07) is 0. The zero-order valence-electron chi connectivity index (χ0n) is 11.0. The second-order valence-corrected chi connectivity index (χ2v) is 5.35. The Hall–Kier alpha value is -0.840. The fourth-order valence-corrected chi connectivity index (χ4v) is 1.92. The molecule has 0 atom stereocenters. The van der Waals surface area contributed by atoms with Crippen molar-refractivity contribution >= 4 is 27.7 Å². The van der Waals surface area contributed by atoms with Crippen LogP contribution in [-0.4, -0.2) is 30.1 Å². The molecule has 1 aromatic heterocycles. The Morgan fingerprint density at radius 1 is 1.47 bits per heavy atom. The minimum absolute atomic E-state index is 0.682. The van der Waals surface area contributed by atoms with Gasteiger partial charge in [0.1, 0.15) is 5.82 Å². The van der Waals surface area contributed by atoms with E-state index in [-0.39, 0.29) is 0 Å². The predicted octanol–water partition coefficient (Wildman–Crippen LogP) is 3.15. The number of anilines is 2. The SMILES string of the molecule is CCNc1ncc(Br)c(N(C)CCC(C)C)n1. The molecule has 1 N–H and O–H groups in total. The minimum Gasteiger partial charge on any atom is -0.359 e. The van der Waals surface area contributed by atoms with E-state index >= 15 is 0 Å². The standard InChI is InChI=1S/C12H21BrN4/c1-5-14-12-15-8-10(13)11(16-12)17(4)7-6-9(2)3/h8-9H,5-7H2,1-4H3,(H,14,15,16). The van der Waals surface area contributed by atoms with Crippen LogP contribution in [0.25, 0.3) is 0 Å². The zero-order chi connectivity index (χ0) is 12.8. The molecule has 0 spiro atoms. The molecule has 0 aliphatic rings. The molecule has 0 radical (unpaired) electrons. The van der Waals surface area contributed by atoms with Crippen LogP contribution >= 0.6 is 15.9 Å². The lowest BCUT2D eigenvalue weighted by Crippen LogP contribution is -2.22. The fourth-order valence-electron chi connectivity index (χ4n) is 1.43. The number of halogens is 1. The van der Waals surface area contributed by atoms with Crippen molar-refractivity contribution in [1.29, 1.82) is 0 Å². The maximum atomic E-state index is 4.50. The van der Waals surface area contributed by atoms with Crippen molar-refractivity contribution in [2.75, 3.05) is 30.4 Å². The molecule has 1 aromatic rings. The highest BCUT2D eigenvalue weighted by Gasteiger charge is 2.10. The molecule has 96 valence electrons. The minimum atomic E-state index is 0.682. The van der Waals surface area contributed by atoms with E-state index in [4.69, 9.17) is 0 Å². The molecule has 0 saturated heterocycles. The first-order valence-corrected chi connectivity index (χ1v) is 6.81. The van der Waals surface area contributed by atoms with Gasteiger partial charge in [0, 0.05) is 26.3 Å². The molecule has 0 aliphatic carbocycles. The molecule has 0 unspecified atom stereocenters. The summed E-state index contributed by atoms with van der Waals surface area (Å²) < 4.78 is 0.936. The molecule has 5 heteroatoms. The van der Waals surface area contributed by atoms with E-state index in [1.807, 2.05) is 6.92 Å². The Morgan fingerprint density at radius 3 is 2.76 bits per heavy atom. The van der Waals surface area contributed by atoms with E-state index in [0.29, 0.717) is 11.9 Å². The highest BCUT2D eigenvalue weighted by Crippen LogP contribution is 2.23. The van der Waals surface area contributed by atoms with Crippen molar-refractivity contribution < 1.29 is 0 Å². The van der Waals surface area contributed by atoms with E-state index in [9.17, 15) is 0 Å². The maximum absolute atomic E-state index is 4.50. The van der Waals surface area contributed by atoms with Crippen LogP contribution in [0.1, 0.15) is 27.2 Å². The second-order valence-electron chi connectivity index (χ2n) is 4.50. The summed E-state index contributed by atoms with van der Waals surface area (Å²) in [4.78, 5) is 10.9. The van der Waals surface area contributed by atoms with Crippen molar-refractivity contribution in [3.05, 3.63) is 10.7 Å². The van der Waals surface area contributed by atoms with Gasteiger partial charge in [0.25, 0.3) is 0 Å². The van der Waals surface area contributed by atoms with Crippen LogP contribution in [0.3, 0.4) is 0 Å². The Labute approximate surface area is 112 Å². The summed E-state index contributed by atoms with van der Waals surface area (Å²) in [7, 11) is 2.06. The molecule has 0 saturated carbocycles. The quantitative estimate of drug-likeness (QED) is 0.876. The lowest BCUT2D eigenvalue weighted by atomic mass is 10.1. The van der Waals surface area contributed by atoms with Gasteiger partial charge >= 0.3 is 0 Å². The van der Waals surface area contributed by atoms with Crippen LogP contribution in [0.4, 0.5) is 11.8 Å². The maximum Gasteiger partial charge on any atom is 0.224 e. The van der Waals surface area contributed by atoms with E-state index in [0.717, 1.165) is 29.8 Å². The first-order chi connectivity index (χ1) is 8.04. The smallest absolute Gasteiger partial charge is 0.224 e. The molecule has 0 aliphatic heterocycles. The largest absolute Gasteiger partial charge is 0.359 e. The van der Waals surface area contributed by atoms with Gasteiger partial charge in [-0.15, -0.1) is 0 Å². The van der Waals surface area contributed by atoms with Crippen LogP contribution in [0.15, 0.2) is 10.7 Å². The molecule has 0 fully saturated rings. The van der Waals surface area contributed by atoms with Crippen molar-refractivity contribution in [3.63, 3.8) is 0 Å². The van der Waals surface area contributed by atoms with E-state index in [2.05, 4.69) is 57.0 Å². The molecule has 4 nitrogen and oxygen atoms in total. The monoisotopic (exact) mass is 300 g/mol. The summed E-state index contributed by atoms with van der Waals surface area (Å²) in [6.45, 7) is 8.32. The lowest BCUT2D eigenvalue weighted by Gasteiger charge is -2.20. The summed E-state index contributed by atoms with van der Waals surface area (Å²) >= 11 is 3.49. The first-order valence-electron chi connectivity index (χ1n) is 6.02. The molecule has 0 amide bonds. The number of hydrogen-bond donors (Lipinski definition) is 1. The normalized spacial score (nSPS) is 10.7. The Balaban J connectivity index is 2.76. The van der Waals surface area contributed by atoms with E-state index in [1.165, 1.54) is 0 Å². The van der Waals surface area contributed by atoms with Gasteiger partial charge < -0.3 is 10.2 Å². The van der Waals surface area contributed by atoms with Crippen LogP contribution in [0.2, 0.25) is 0 Å². The van der Waals surface area contributed by atoms with Gasteiger partial charge in [-0.25, -0.2) is 4.98 Å². The van der Waals surface area contributed by atoms with Gasteiger partial charge in [0.15, 0.2) is 0 Å². The first kappa shape index (κ1) is 14.2.